The van der Waals surface area contributed by atoms with Gasteiger partial charge >= 0.3 is 0 Å². The van der Waals surface area contributed by atoms with Gasteiger partial charge in [0.15, 0.2) is 5.76 Å². The molecule has 0 radical (unpaired) electrons. The van der Waals surface area contributed by atoms with Crippen LogP contribution in [0.2, 0.25) is 0 Å². The Bertz CT molecular complexity index is 686. The number of halogens is 2. The van der Waals surface area contributed by atoms with E-state index in [9.17, 15) is 9.18 Å². The molecule has 1 aromatic heterocycles. The molecule has 25 heavy (non-hydrogen) atoms. The lowest BCUT2D eigenvalue weighted by atomic mass is 9.93. The Labute approximate surface area is 153 Å². The second-order valence-electron chi connectivity index (χ2n) is 6.54. The molecule has 2 rings (SSSR count). The van der Waals surface area contributed by atoms with Crippen molar-refractivity contribution in [2.24, 2.45) is 11.1 Å². The van der Waals surface area contributed by atoms with Crippen LogP contribution in [0.25, 0.3) is 0 Å². The van der Waals surface area contributed by atoms with Crippen molar-refractivity contribution < 1.29 is 18.3 Å². The third-order valence-corrected chi connectivity index (χ3v) is 3.63. The first-order valence-corrected chi connectivity index (χ1v) is 7.73. The lowest BCUT2D eigenvalue weighted by Crippen LogP contribution is -2.39. The monoisotopic (exact) mass is 370 g/mol. The van der Waals surface area contributed by atoms with Crippen LogP contribution in [-0.2, 0) is 6.61 Å². The predicted octanol–water partition coefficient (Wildman–Crippen LogP) is 3.48. The summed E-state index contributed by atoms with van der Waals surface area (Å²) >= 11 is 0. The number of ether oxygens (including phenoxy) is 1. The van der Waals surface area contributed by atoms with Gasteiger partial charge in [-0.3, -0.25) is 4.79 Å². The molecule has 0 saturated heterocycles. The average Bonchev–Trinajstić information content (AvgIpc) is 3.02. The molecule has 0 saturated carbocycles. The van der Waals surface area contributed by atoms with Crippen molar-refractivity contribution in [2.75, 3.05) is 20.1 Å². The summed E-state index contributed by atoms with van der Waals surface area (Å²) in [6, 6.07) is 9.03. The molecule has 7 heteroatoms. The third-order valence-electron chi connectivity index (χ3n) is 3.63. The second-order valence-corrected chi connectivity index (χ2v) is 6.54. The smallest absolute Gasteiger partial charge is 0.289 e. The molecule has 0 fully saturated rings. The summed E-state index contributed by atoms with van der Waals surface area (Å²) in [6.45, 7) is 5.18. The molecule has 1 heterocycles. The first-order chi connectivity index (χ1) is 11.3. The van der Waals surface area contributed by atoms with Crippen LogP contribution in [0.3, 0.4) is 0 Å². The summed E-state index contributed by atoms with van der Waals surface area (Å²) in [5, 5.41) is 0. The highest BCUT2D eigenvalue weighted by atomic mass is 35.5. The van der Waals surface area contributed by atoms with Gasteiger partial charge in [0.25, 0.3) is 5.91 Å². The minimum Gasteiger partial charge on any atom is -0.486 e. The maximum absolute atomic E-state index is 12.8. The molecule has 0 bridgehead atoms. The Hall–Kier alpha value is -2.05. The average molecular weight is 371 g/mol. The largest absolute Gasteiger partial charge is 0.486 e. The Morgan fingerprint density at radius 2 is 1.88 bits per heavy atom. The van der Waals surface area contributed by atoms with Crippen LogP contribution in [0.1, 0.15) is 30.2 Å². The van der Waals surface area contributed by atoms with Gasteiger partial charge in [-0.1, -0.05) is 13.8 Å². The SMILES string of the molecule is CN(CC(C)(C)CN)C(=O)c1ccc(COc2ccc(F)cc2)o1.Cl. The zero-order valence-corrected chi connectivity index (χ0v) is 15.4. The van der Waals surface area contributed by atoms with E-state index in [0.29, 0.717) is 24.6 Å². The van der Waals surface area contributed by atoms with Crippen LogP contribution in [0.15, 0.2) is 40.8 Å². The van der Waals surface area contributed by atoms with Gasteiger partial charge in [0.2, 0.25) is 0 Å². The van der Waals surface area contributed by atoms with Crippen molar-refractivity contribution in [1.29, 1.82) is 0 Å². The second kappa shape index (κ2) is 8.87. The normalized spacial score (nSPS) is 10.9. The number of carbonyl (C=O) groups is 1. The van der Waals surface area contributed by atoms with Gasteiger partial charge in [-0.2, -0.15) is 0 Å². The van der Waals surface area contributed by atoms with Crippen LogP contribution in [-0.4, -0.2) is 30.9 Å². The molecule has 5 nitrogen and oxygen atoms in total. The third kappa shape index (κ3) is 6.07. The number of rotatable bonds is 7. The Kier molecular flexibility index (Phi) is 7.45. The van der Waals surface area contributed by atoms with E-state index in [0.717, 1.165) is 0 Å². The lowest BCUT2D eigenvalue weighted by molar-refractivity contribution is 0.0705. The molecule has 0 atom stereocenters. The van der Waals surface area contributed by atoms with Crippen molar-refractivity contribution >= 4 is 18.3 Å². The van der Waals surface area contributed by atoms with Gasteiger partial charge in [0, 0.05) is 13.6 Å². The van der Waals surface area contributed by atoms with Crippen LogP contribution >= 0.6 is 12.4 Å². The van der Waals surface area contributed by atoms with E-state index in [4.69, 9.17) is 14.9 Å². The van der Waals surface area contributed by atoms with E-state index < -0.39 is 0 Å². The van der Waals surface area contributed by atoms with E-state index in [1.165, 1.54) is 24.3 Å². The van der Waals surface area contributed by atoms with Crippen LogP contribution < -0.4 is 10.5 Å². The van der Waals surface area contributed by atoms with E-state index in [1.54, 1.807) is 24.1 Å². The Morgan fingerprint density at radius 3 is 2.48 bits per heavy atom. The topological polar surface area (TPSA) is 68.7 Å². The van der Waals surface area contributed by atoms with Crippen LogP contribution in [0, 0.1) is 11.2 Å². The van der Waals surface area contributed by atoms with Crippen LogP contribution in [0.5, 0.6) is 5.75 Å². The minimum absolute atomic E-state index is 0. The fourth-order valence-electron chi connectivity index (χ4n) is 2.22. The highest BCUT2D eigenvalue weighted by Gasteiger charge is 2.23. The van der Waals surface area contributed by atoms with Crippen molar-refractivity contribution in [2.45, 2.75) is 20.5 Å². The van der Waals surface area contributed by atoms with Gasteiger partial charge in [-0.15, -0.1) is 12.4 Å². The van der Waals surface area contributed by atoms with Crippen molar-refractivity contribution in [1.82, 2.24) is 4.90 Å². The van der Waals surface area contributed by atoms with E-state index in [1.807, 2.05) is 13.8 Å². The van der Waals surface area contributed by atoms with Gasteiger partial charge in [-0.25, -0.2) is 4.39 Å². The molecule has 0 unspecified atom stereocenters. The molecule has 0 spiro atoms. The number of amides is 1. The molecular weight excluding hydrogens is 347 g/mol. The maximum Gasteiger partial charge on any atom is 0.289 e. The molecule has 2 N–H and O–H groups in total. The number of furan rings is 1. The number of benzene rings is 1. The Morgan fingerprint density at radius 1 is 1.24 bits per heavy atom. The molecule has 0 aliphatic carbocycles. The number of carbonyl (C=O) groups excluding carboxylic acids is 1. The lowest BCUT2D eigenvalue weighted by Gasteiger charge is -2.28. The molecule has 1 amide bonds. The highest BCUT2D eigenvalue weighted by molar-refractivity contribution is 5.91. The van der Waals surface area contributed by atoms with Gasteiger partial charge in [-0.05, 0) is 48.4 Å². The quantitative estimate of drug-likeness (QED) is 0.810. The summed E-state index contributed by atoms with van der Waals surface area (Å²) in [4.78, 5) is 14.0. The maximum atomic E-state index is 12.8. The van der Waals surface area contributed by atoms with Crippen LogP contribution in [0.4, 0.5) is 4.39 Å². The Balaban J connectivity index is 0.00000312. The van der Waals surface area contributed by atoms with Crippen molar-refractivity contribution in [3.63, 3.8) is 0 Å². The predicted molar refractivity (Wildman–Crippen MR) is 96.5 cm³/mol. The van der Waals surface area contributed by atoms with E-state index in [-0.39, 0.29) is 41.9 Å². The number of hydrogen-bond donors (Lipinski definition) is 1. The fourth-order valence-corrected chi connectivity index (χ4v) is 2.22. The zero-order chi connectivity index (χ0) is 17.7. The molecular formula is C18H24ClFN2O3. The number of hydrogen-bond acceptors (Lipinski definition) is 4. The molecule has 138 valence electrons. The summed E-state index contributed by atoms with van der Waals surface area (Å²) in [7, 11) is 1.72. The molecule has 2 aromatic rings. The van der Waals surface area contributed by atoms with Gasteiger partial charge in [0.05, 0.1) is 0 Å². The number of nitrogens with two attached hydrogens (primary N) is 1. The summed E-state index contributed by atoms with van der Waals surface area (Å²) in [6.07, 6.45) is 0. The van der Waals surface area contributed by atoms with Gasteiger partial charge in [0.1, 0.15) is 23.9 Å². The van der Waals surface area contributed by atoms with Crippen molar-refractivity contribution in [3.05, 3.63) is 53.7 Å². The molecule has 0 aliphatic rings. The standard InChI is InChI=1S/C18H23FN2O3.ClH/c1-18(2,11-20)12-21(3)17(22)16-9-8-15(24-16)10-23-14-6-4-13(19)5-7-14;/h4-9H,10-12,20H2,1-3H3;1H. The number of nitrogens with zero attached hydrogens (tertiary/aromatic N) is 1. The van der Waals surface area contributed by atoms with E-state index in [2.05, 4.69) is 0 Å². The summed E-state index contributed by atoms with van der Waals surface area (Å²) in [5.41, 5.74) is 5.54. The fraction of sp³-hybridized carbons (Fsp3) is 0.389. The molecule has 0 aliphatic heterocycles. The minimum atomic E-state index is -0.323. The first kappa shape index (κ1) is 21.0. The summed E-state index contributed by atoms with van der Waals surface area (Å²) < 4.78 is 23.9. The first-order valence-electron chi connectivity index (χ1n) is 7.73. The van der Waals surface area contributed by atoms with E-state index >= 15 is 0 Å². The zero-order valence-electron chi connectivity index (χ0n) is 14.6. The summed E-state index contributed by atoms with van der Waals surface area (Å²) in [5.74, 6) is 0.779. The molecule has 1 aromatic carbocycles. The van der Waals surface area contributed by atoms with Crippen molar-refractivity contribution in [3.8, 4) is 5.75 Å². The van der Waals surface area contributed by atoms with Gasteiger partial charge < -0.3 is 19.8 Å². The highest BCUT2D eigenvalue weighted by Crippen LogP contribution is 2.18.